The molecule has 1 aliphatic rings. The van der Waals surface area contributed by atoms with E-state index in [1.807, 2.05) is 0 Å². The van der Waals surface area contributed by atoms with E-state index >= 15 is 0 Å². The Kier molecular flexibility index (Phi) is 3.76. The van der Waals surface area contributed by atoms with Crippen molar-refractivity contribution in [3.8, 4) is 0 Å². The molecule has 0 bridgehead atoms. The Morgan fingerprint density at radius 1 is 1.50 bits per heavy atom. The molecule has 0 aromatic heterocycles. The molecule has 18 heavy (non-hydrogen) atoms. The topological polar surface area (TPSA) is 67.1 Å². The molecule has 0 heterocycles. The van der Waals surface area contributed by atoms with Gasteiger partial charge in [0.15, 0.2) is 0 Å². The molecule has 1 atom stereocenters. The largest absolute Gasteiger partial charge is 0.392 e. The molecule has 96 valence electrons. The Morgan fingerprint density at radius 2 is 2.22 bits per heavy atom. The highest BCUT2D eigenvalue weighted by atomic mass is 32.1. The van der Waals surface area contributed by atoms with Crippen LogP contribution in [0.15, 0.2) is 24.3 Å². The molecule has 0 aliphatic heterocycles. The van der Waals surface area contributed by atoms with Crippen LogP contribution in [0.4, 0.5) is 14.9 Å². The monoisotopic (exact) mass is 267 g/mol. The number of halogens is 1. The summed E-state index contributed by atoms with van der Waals surface area (Å²) in [5.41, 5.74) is 5.97. The van der Waals surface area contributed by atoms with Crippen molar-refractivity contribution in [3.05, 3.63) is 30.1 Å². The van der Waals surface area contributed by atoms with Gasteiger partial charge in [-0.1, -0.05) is 18.3 Å². The smallest absolute Gasteiger partial charge is 0.319 e. The molecule has 6 heteroatoms. The second-order valence-corrected chi connectivity index (χ2v) is 4.80. The van der Waals surface area contributed by atoms with Gasteiger partial charge >= 0.3 is 6.03 Å². The Hall–Kier alpha value is -1.69. The van der Waals surface area contributed by atoms with Gasteiger partial charge in [0.2, 0.25) is 0 Å². The standard InChI is InChI=1S/C12H14FN3OS/c13-8-2-1-3-9(6-8)15-12(17)16-10(11(14)18)7-4-5-7/h1-3,6-7,10H,4-5H2,(H2,14,18)(H2,15,16,17). The van der Waals surface area contributed by atoms with Gasteiger partial charge in [-0.15, -0.1) is 0 Å². The minimum absolute atomic E-state index is 0.284. The number of amides is 2. The molecule has 2 amide bonds. The Morgan fingerprint density at radius 3 is 2.78 bits per heavy atom. The van der Waals surface area contributed by atoms with E-state index in [0.29, 0.717) is 11.6 Å². The van der Waals surface area contributed by atoms with Gasteiger partial charge in [0, 0.05) is 5.69 Å². The van der Waals surface area contributed by atoms with Crippen LogP contribution in [-0.2, 0) is 0 Å². The first-order valence-corrected chi connectivity index (χ1v) is 6.09. The number of nitrogens with two attached hydrogens (primary N) is 1. The van der Waals surface area contributed by atoms with Crippen LogP contribution in [0.25, 0.3) is 0 Å². The molecule has 2 rings (SSSR count). The van der Waals surface area contributed by atoms with Crippen molar-refractivity contribution < 1.29 is 9.18 Å². The number of rotatable bonds is 4. The first-order valence-electron chi connectivity index (χ1n) is 5.68. The summed E-state index contributed by atoms with van der Waals surface area (Å²) in [7, 11) is 0. The predicted octanol–water partition coefficient (Wildman–Crippen LogP) is 2.01. The number of benzene rings is 1. The molecule has 1 fully saturated rings. The molecule has 0 spiro atoms. The Balaban J connectivity index is 1.93. The average Bonchev–Trinajstić information content (AvgIpc) is 3.09. The fourth-order valence-electron chi connectivity index (χ4n) is 1.73. The minimum Gasteiger partial charge on any atom is -0.392 e. The molecule has 4 N–H and O–H groups in total. The van der Waals surface area contributed by atoms with Gasteiger partial charge in [-0.3, -0.25) is 0 Å². The maximum Gasteiger partial charge on any atom is 0.319 e. The van der Waals surface area contributed by atoms with Crippen LogP contribution in [0, 0.1) is 11.7 Å². The normalized spacial score (nSPS) is 15.8. The molecule has 1 saturated carbocycles. The maximum absolute atomic E-state index is 12.9. The lowest BCUT2D eigenvalue weighted by molar-refractivity contribution is 0.250. The molecule has 0 saturated heterocycles. The van der Waals surface area contributed by atoms with E-state index in [4.69, 9.17) is 18.0 Å². The van der Waals surface area contributed by atoms with Crippen molar-refractivity contribution in [1.29, 1.82) is 0 Å². The highest BCUT2D eigenvalue weighted by Gasteiger charge is 2.34. The number of hydrogen-bond acceptors (Lipinski definition) is 2. The van der Waals surface area contributed by atoms with Gasteiger partial charge in [-0.25, -0.2) is 9.18 Å². The molecule has 1 aliphatic carbocycles. The van der Waals surface area contributed by atoms with Crippen LogP contribution in [-0.4, -0.2) is 17.1 Å². The van der Waals surface area contributed by atoms with Gasteiger partial charge < -0.3 is 16.4 Å². The fourth-order valence-corrected chi connectivity index (χ4v) is 1.98. The third-order valence-electron chi connectivity index (χ3n) is 2.77. The van der Waals surface area contributed by atoms with Crippen LogP contribution in [0.3, 0.4) is 0 Å². The van der Waals surface area contributed by atoms with Crippen molar-refractivity contribution in [1.82, 2.24) is 5.32 Å². The van der Waals surface area contributed by atoms with E-state index in [1.165, 1.54) is 18.2 Å². The molecule has 1 unspecified atom stereocenters. The number of nitrogens with one attached hydrogen (secondary N) is 2. The molecule has 4 nitrogen and oxygen atoms in total. The van der Waals surface area contributed by atoms with Gasteiger partial charge in [-0.05, 0) is 37.0 Å². The van der Waals surface area contributed by atoms with Crippen LogP contribution < -0.4 is 16.4 Å². The lowest BCUT2D eigenvalue weighted by Gasteiger charge is -2.17. The van der Waals surface area contributed by atoms with Crippen molar-refractivity contribution >= 4 is 28.9 Å². The highest BCUT2D eigenvalue weighted by Crippen LogP contribution is 2.32. The lowest BCUT2D eigenvalue weighted by atomic mass is 10.2. The number of carbonyl (C=O) groups excluding carboxylic acids is 1. The average molecular weight is 267 g/mol. The summed E-state index contributed by atoms with van der Waals surface area (Å²) < 4.78 is 12.9. The summed E-state index contributed by atoms with van der Waals surface area (Å²) in [5.74, 6) is -0.0679. The summed E-state index contributed by atoms with van der Waals surface area (Å²) in [5, 5.41) is 5.25. The van der Waals surface area contributed by atoms with E-state index in [-0.39, 0.29) is 11.0 Å². The van der Waals surface area contributed by atoms with Gasteiger partial charge in [0.1, 0.15) is 5.82 Å². The zero-order valence-electron chi connectivity index (χ0n) is 9.65. The molecular formula is C12H14FN3OS. The number of urea groups is 1. The summed E-state index contributed by atoms with van der Waals surface area (Å²) in [4.78, 5) is 12.0. The quantitative estimate of drug-likeness (QED) is 0.731. The summed E-state index contributed by atoms with van der Waals surface area (Å²) in [6.07, 6.45) is 2.03. The van der Waals surface area contributed by atoms with E-state index in [9.17, 15) is 9.18 Å². The maximum atomic E-state index is 12.9. The van der Waals surface area contributed by atoms with Crippen LogP contribution in [0.2, 0.25) is 0 Å². The van der Waals surface area contributed by atoms with E-state index < -0.39 is 11.8 Å². The van der Waals surface area contributed by atoms with Crippen molar-refractivity contribution in [3.63, 3.8) is 0 Å². The number of anilines is 1. The van der Waals surface area contributed by atoms with Gasteiger partial charge in [-0.2, -0.15) is 0 Å². The summed E-state index contributed by atoms with van der Waals surface area (Å²) in [6, 6.07) is 4.98. The Bertz CT molecular complexity index is 476. The zero-order chi connectivity index (χ0) is 13.1. The van der Waals surface area contributed by atoms with Crippen molar-refractivity contribution in [2.24, 2.45) is 11.7 Å². The van der Waals surface area contributed by atoms with E-state index in [2.05, 4.69) is 10.6 Å². The first kappa shape index (κ1) is 12.8. The number of thiocarbonyl (C=S) groups is 1. The molecule has 0 radical (unpaired) electrons. The van der Waals surface area contributed by atoms with E-state index in [1.54, 1.807) is 6.07 Å². The van der Waals surface area contributed by atoms with Gasteiger partial charge in [0.25, 0.3) is 0 Å². The van der Waals surface area contributed by atoms with Gasteiger partial charge in [0.05, 0.1) is 11.0 Å². The second kappa shape index (κ2) is 5.30. The van der Waals surface area contributed by atoms with Crippen molar-refractivity contribution in [2.45, 2.75) is 18.9 Å². The van der Waals surface area contributed by atoms with Crippen LogP contribution in [0.5, 0.6) is 0 Å². The summed E-state index contributed by atoms with van der Waals surface area (Å²) >= 11 is 4.91. The van der Waals surface area contributed by atoms with Crippen LogP contribution in [0.1, 0.15) is 12.8 Å². The first-order chi connectivity index (χ1) is 8.56. The van der Waals surface area contributed by atoms with Crippen LogP contribution >= 0.6 is 12.2 Å². The second-order valence-electron chi connectivity index (χ2n) is 4.33. The molecule has 1 aromatic carbocycles. The van der Waals surface area contributed by atoms with E-state index in [0.717, 1.165) is 12.8 Å². The molecule has 1 aromatic rings. The SMILES string of the molecule is NC(=S)C(NC(=O)Nc1cccc(F)c1)C1CC1. The third-order valence-corrected chi connectivity index (χ3v) is 3.02. The minimum atomic E-state index is -0.426. The zero-order valence-corrected chi connectivity index (χ0v) is 10.5. The Labute approximate surface area is 110 Å². The number of carbonyl (C=O) groups is 1. The predicted molar refractivity (Wildman–Crippen MR) is 71.9 cm³/mol. The van der Waals surface area contributed by atoms with Crippen molar-refractivity contribution in [2.75, 3.05) is 5.32 Å². The lowest BCUT2D eigenvalue weighted by Crippen LogP contribution is -2.46. The highest BCUT2D eigenvalue weighted by molar-refractivity contribution is 7.80. The fraction of sp³-hybridized carbons (Fsp3) is 0.333. The number of hydrogen-bond donors (Lipinski definition) is 3. The summed E-state index contributed by atoms with van der Waals surface area (Å²) in [6.45, 7) is 0. The molecular weight excluding hydrogens is 253 g/mol. The third kappa shape index (κ3) is 3.40.